The SMILES string of the molecule is CC(C)(C)N=NC1(SCC(=O)O)CCCCC1. The lowest BCUT2D eigenvalue weighted by Crippen LogP contribution is -2.27. The molecule has 0 spiro atoms. The Bertz CT molecular complexity index is 291. The van der Waals surface area contributed by atoms with Gasteiger partial charge in [0.05, 0.1) is 11.3 Å². The normalized spacial score (nSPS) is 20.6. The van der Waals surface area contributed by atoms with Crippen molar-refractivity contribution in [2.45, 2.75) is 63.3 Å². The molecule has 5 heteroatoms. The predicted octanol–water partition coefficient (Wildman–Crippen LogP) is 3.72. The number of carbonyl (C=O) groups is 1. The van der Waals surface area contributed by atoms with Crippen LogP contribution < -0.4 is 0 Å². The van der Waals surface area contributed by atoms with E-state index in [2.05, 4.69) is 10.2 Å². The molecule has 1 N–H and O–H groups in total. The van der Waals surface area contributed by atoms with E-state index in [1.807, 2.05) is 20.8 Å². The largest absolute Gasteiger partial charge is 0.481 e. The summed E-state index contributed by atoms with van der Waals surface area (Å²) in [6, 6.07) is 0. The number of azo groups is 1. The highest BCUT2D eigenvalue weighted by Gasteiger charge is 2.33. The third kappa shape index (κ3) is 5.52. The molecular weight excluding hydrogens is 236 g/mol. The van der Waals surface area contributed by atoms with E-state index in [1.165, 1.54) is 18.2 Å². The monoisotopic (exact) mass is 258 g/mol. The summed E-state index contributed by atoms with van der Waals surface area (Å²) >= 11 is 1.43. The number of thioether (sulfide) groups is 1. The summed E-state index contributed by atoms with van der Waals surface area (Å²) in [5, 5.41) is 17.6. The summed E-state index contributed by atoms with van der Waals surface area (Å²) < 4.78 is 0. The van der Waals surface area contributed by atoms with Gasteiger partial charge in [0.15, 0.2) is 0 Å². The lowest BCUT2D eigenvalue weighted by atomic mass is 9.95. The van der Waals surface area contributed by atoms with Gasteiger partial charge < -0.3 is 5.11 Å². The van der Waals surface area contributed by atoms with Crippen LogP contribution in [0.2, 0.25) is 0 Å². The lowest BCUT2D eigenvalue weighted by Gasteiger charge is -2.32. The molecule has 0 heterocycles. The molecule has 1 aliphatic carbocycles. The van der Waals surface area contributed by atoms with Crippen molar-refractivity contribution in [1.29, 1.82) is 0 Å². The van der Waals surface area contributed by atoms with Crippen LogP contribution in [0.4, 0.5) is 0 Å². The summed E-state index contributed by atoms with van der Waals surface area (Å²) in [4.78, 5) is 10.4. The lowest BCUT2D eigenvalue weighted by molar-refractivity contribution is -0.133. The van der Waals surface area contributed by atoms with Gasteiger partial charge in [0, 0.05) is 0 Å². The number of aliphatic carboxylic acids is 1. The molecule has 0 atom stereocenters. The molecule has 98 valence electrons. The van der Waals surface area contributed by atoms with Gasteiger partial charge in [-0.15, -0.1) is 11.8 Å². The zero-order valence-electron chi connectivity index (χ0n) is 10.9. The van der Waals surface area contributed by atoms with Gasteiger partial charge in [-0.1, -0.05) is 19.3 Å². The van der Waals surface area contributed by atoms with Crippen molar-refractivity contribution in [3.63, 3.8) is 0 Å². The van der Waals surface area contributed by atoms with Crippen LogP contribution in [0.1, 0.15) is 52.9 Å². The molecule has 0 aliphatic heterocycles. The Balaban J connectivity index is 2.71. The van der Waals surface area contributed by atoms with Crippen molar-refractivity contribution in [2.75, 3.05) is 5.75 Å². The molecule has 1 rings (SSSR count). The van der Waals surface area contributed by atoms with Gasteiger partial charge in [-0.05, 0) is 33.6 Å². The van der Waals surface area contributed by atoms with Crippen LogP contribution >= 0.6 is 11.8 Å². The molecule has 1 aliphatic rings. The summed E-state index contributed by atoms with van der Waals surface area (Å²) in [5.74, 6) is -0.658. The van der Waals surface area contributed by atoms with Crippen LogP contribution in [0.3, 0.4) is 0 Å². The number of rotatable bonds is 4. The Kier molecular flexibility index (Phi) is 4.98. The first-order valence-electron chi connectivity index (χ1n) is 6.13. The first-order valence-corrected chi connectivity index (χ1v) is 7.11. The maximum absolute atomic E-state index is 10.7. The Morgan fingerprint density at radius 1 is 1.29 bits per heavy atom. The smallest absolute Gasteiger partial charge is 0.313 e. The maximum Gasteiger partial charge on any atom is 0.313 e. The average molecular weight is 258 g/mol. The highest BCUT2D eigenvalue weighted by molar-refractivity contribution is 8.01. The van der Waals surface area contributed by atoms with Crippen LogP contribution in [0, 0.1) is 0 Å². The Labute approximate surface area is 107 Å². The third-order valence-corrected chi connectivity index (χ3v) is 4.05. The van der Waals surface area contributed by atoms with Gasteiger partial charge in [-0.25, -0.2) is 0 Å². The van der Waals surface area contributed by atoms with E-state index in [4.69, 9.17) is 5.11 Å². The van der Waals surface area contributed by atoms with Crippen molar-refractivity contribution < 1.29 is 9.90 Å². The Morgan fingerprint density at radius 3 is 2.35 bits per heavy atom. The van der Waals surface area contributed by atoms with Gasteiger partial charge in [0.2, 0.25) is 0 Å². The average Bonchev–Trinajstić information content (AvgIpc) is 2.25. The van der Waals surface area contributed by atoms with E-state index in [1.54, 1.807) is 0 Å². The molecule has 0 bridgehead atoms. The number of nitrogens with zero attached hydrogens (tertiary/aromatic N) is 2. The van der Waals surface area contributed by atoms with Crippen LogP contribution in [0.5, 0.6) is 0 Å². The molecule has 4 nitrogen and oxygen atoms in total. The van der Waals surface area contributed by atoms with Crippen LogP contribution in [-0.2, 0) is 4.79 Å². The standard InChI is InChI=1S/C12H22N2O2S/c1-11(2,3)13-14-12(17-9-10(15)16)7-5-4-6-8-12/h4-9H2,1-3H3,(H,15,16). The van der Waals surface area contributed by atoms with Crippen LogP contribution in [-0.4, -0.2) is 27.2 Å². The number of hydrogen-bond donors (Lipinski definition) is 1. The van der Waals surface area contributed by atoms with Gasteiger partial charge >= 0.3 is 5.97 Å². The van der Waals surface area contributed by atoms with E-state index in [0.717, 1.165) is 25.7 Å². The maximum atomic E-state index is 10.7. The van der Waals surface area contributed by atoms with E-state index in [9.17, 15) is 4.79 Å². The van der Waals surface area contributed by atoms with Crippen molar-refractivity contribution in [2.24, 2.45) is 10.2 Å². The number of carboxylic acid groups (broad SMARTS) is 1. The zero-order chi connectivity index (χ0) is 12.9. The quantitative estimate of drug-likeness (QED) is 0.782. The van der Waals surface area contributed by atoms with E-state index in [-0.39, 0.29) is 16.2 Å². The predicted molar refractivity (Wildman–Crippen MR) is 70.5 cm³/mol. The summed E-state index contributed by atoms with van der Waals surface area (Å²) in [6.07, 6.45) is 5.36. The second-order valence-electron chi connectivity index (χ2n) is 5.56. The van der Waals surface area contributed by atoms with Gasteiger partial charge in [-0.3, -0.25) is 4.79 Å². The fourth-order valence-corrected chi connectivity index (χ4v) is 2.88. The van der Waals surface area contributed by atoms with E-state index >= 15 is 0 Å². The zero-order valence-corrected chi connectivity index (χ0v) is 11.7. The van der Waals surface area contributed by atoms with Crippen molar-refractivity contribution >= 4 is 17.7 Å². The summed E-state index contributed by atoms with van der Waals surface area (Å²) in [5.41, 5.74) is -0.186. The summed E-state index contributed by atoms with van der Waals surface area (Å²) in [7, 11) is 0. The minimum atomic E-state index is -0.772. The van der Waals surface area contributed by atoms with Crippen LogP contribution in [0.15, 0.2) is 10.2 Å². The van der Waals surface area contributed by atoms with Crippen molar-refractivity contribution in [3.8, 4) is 0 Å². The van der Waals surface area contributed by atoms with Crippen molar-refractivity contribution in [1.82, 2.24) is 0 Å². The molecule has 0 aromatic heterocycles. The number of hydrogen-bond acceptors (Lipinski definition) is 4. The topological polar surface area (TPSA) is 62.0 Å². The Morgan fingerprint density at radius 2 is 1.88 bits per heavy atom. The highest BCUT2D eigenvalue weighted by Crippen LogP contribution is 2.41. The minimum Gasteiger partial charge on any atom is -0.481 e. The molecule has 1 saturated carbocycles. The Hall–Kier alpha value is -0.580. The molecule has 0 aromatic carbocycles. The first kappa shape index (κ1) is 14.5. The first-order chi connectivity index (χ1) is 7.83. The second kappa shape index (κ2) is 5.85. The molecule has 0 unspecified atom stereocenters. The highest BCUT2D eigenvalue weighted by atomic mass is 32.2. The second-order valence-corrected chi connectivity index (χ2v) is 6.90. The van der Waals surface area contributed by atoms with Gasteiger partial charge in [0.25, 0.3) is 0 Å². The van der Waals surface area contributed by atoms with Crippen LogP contribution in [0.25, 0.3) is 0 Å². The van der Waals surface area contributed by atoms with Crippen molar-refractivity contribution in [3.05, 3.63) is 0 Å². The molecular formula is C12H22N2O2S. The van der Waals surface area contributed by atoms with E-state index in [0.29, 0.717) is 0 Å². The third-order valence-electron chi connectivity index (χ3n) is 2.63. The fourth-order valence-electron chi connectivity index (χ4n) is 1.81. The summed E-state index contributed by atoms with van der Waals surface area (Å²) in [6.45, 7) is 6.03. The van der Waals surface area contributed by atoms with Gasteiger partial charge in [-0.2, -0.15) is 10.2 Å². The molecule has 0 aromatic rings. The molecule has 0 amide bonds. The van der Waals surface area contributed by atoms with E-state index < -0.39 is 5.97 Å². The van der Waals surface area contributed by atoms with Gasteiger partial charge in [0.1, 0.15) is 4.87 Å². The molecule has 1 fully saturated rings. The molecule has 0 saturated heterocycles. The number of carboxylic acids is 1. The molecule has 0 radical (unpaired) electrons. The molecule has 17 heavy (non-hydrogen) atoms. The minimum absolute atomic E-state index is 0.114. The fraction of sp³-hybridized carbons (Fsp3) is 0.917.